The molecule has 0 aliphatic rings. The van der Waals surface area contributed by atoms with Crippen molar-refractivity contribution in [3.05, 3.63) is 71.3 Å². The highest BCUT2D eigenvalue weighted by Crippen LogP contribution is 2.10. The normalized spacial score (nSPS) is 9.95. The molecule has 2 N–H and O–H groups in total. The average Bonchev–Trinajstić information content (AvgIpc) is 2.46. The molecule has 0 spiro atoms. The number of Topliss-reactive ketones (excluding diaryl/α,β-unsaturated/α-hetero) is 1. The number of ketones is 1. The largest absolute Gasteiger partial charge is 0.298 e. The first kappa shape index (κ1) is 12.9. The highest BCUT2D eigenvalue weighted by molar-refractivity contribution is 6.51. The minimum absolute atomic E-state index is 0.0408. The van der Waals surface area contributed by atoms with Gasteiger partial charge in [0.15, 0.2) is 5.78 Å². The Kier molecular flexibility index (Phi) is 3.66. The van der Waals surface area contributed by atoms with Gasteiger partial charge >= 0.3 is 0 Å². The summed E-state index contributed by atoms with van der Waals surface area (Å²) in [4.78, 5) is 11.3. The van der Waals surface area contributed by atoms with Gasteiger partial charge in [-0.1, -0.05) is 48.5 Å². The fraction of sp³-hybridized carbons (Fsp3) is 0.0625. The van der Waals surface area contributed by atoms with Gasteiger partial charge in [0.05, 0.1) is 11.4 Å². The van der Waals surface area contributed by atoms with Crippen LogP contribution in [0, 0.1) is 10.8 Å². The summed E-state index contributed by atoms with van der Waals surface area (Å²) in [6, 6.07) is 16.0. The van der Waals surface area contributed by atoms with E-state index in [1.54, 1.807) is 36.4 Å². The van der Waals surface area contributed by atoms with Crippen LogP contribution >= 0.6 is 0 Å². The smallest absolute Gasteiger partial charge is 0.159 e. The molecule has 0 bridgehead atoms. The van der Waals surface area contributed by atoms with E-state index in [4.69, 9.17) is 10.8 Å². The first-order chi connectivity index (χ1) is 9.09. The maximum atomic E-state index is 11.3. The monoisotopic (exact) mass is 250 g/mol. The Balaban J connectivity index is 2.32. The number of benzene rings is 2. The first-order valence-corrected chi connectivity index (χ1v) is 5.94. The Morgan fingerprint density at radius 3 is 1.95 bits per heavy atom. The van der Waals surface area contributed by atoms with Crippen LogP contribution in [0.25, 0.3) is 0 Å². The van der Waals surface area contributed by atoms with Gasteiger partial charge in [-0.15, -0.1) is 0 Å². The molecule has 2 aromatic carbocycles. The van der Waals surface area contributed by atoms with E-state index in [0.29, 0.717) is 16.7 Å². The molecule has 3 nitrogen and oxygen atoms in total. The summed E-state index contributed by atoms with van der Waals surface area (Å²) in [5, 5.41) is 16.1. The maximum Gasteiger partial charge on any atom is 0.159 e. The molecular formula is C16H14N2O. The molecule has 0 saturated carbocycles. The summed E-state index contributed by atoms with van der Waals surface area (Å²) in [5.41, 5.74) is 2.11. The molecule has 2 aromatic rings. The molecule has 0 aliphatic carbocycles. The molecule has 0 aromatic heterocycles. The third-order valence-corrected chi connectivity index (χ3v) is 2.87. The predicted molar refractivity (Wildman–Crippen MR) is 76.5 cm³/mol. The van der Waals surface area contributed by atoms with E-state index >= 15 is 0 Å². The topological polar surface area (TPSA) is 64.8 Å². The zero-order valence-electron chi connectivity index (χ0n) is 10.6. The SMILES string of the molecule is CC(=O)c1cccc(C(=N)C(=N)c2ccccc2)c1. The van der Waals surface area contributed by atoms with E-state index in [2.05, 4.69) is 0 Å². The van der Waals surface area contributed by atoms with Crippen molar-refractivity contribution in [2.75, 3.05) is 0 Å². The third-order valence-electron chi connectivity index (χ3n) is 2.87. The van der Waals surface area contributed by atoms with E-state index in [1.807, 2.05) is 18.2 Å². The molecule has 0 amide bonds. The van der Waals surface area contributed by atoms with Crippen LogP contribution in [0.5, 0.6) is 0 Å². The molecule has 0 atom stereocenters. The lowest BCUT2D eigenvalue weighted by atomic mass is 9.98. The highest BCUT2D eigenvalue weighted by atomic mass is 16.1. The summed E-state index contributed by atoms with van der Waals surface area (Å²) in [7, 11) is 0. The second-order valence-corrected chi connectivity index (χ2v) is 4.25. The predicted octanol–water partition coefficient (Wildman–Crippen LogP) is 3.33. The third kappa shape index (κ3) is 2.83. The molecule has 0 fully saturated rings. The van der Waals surface area contributed by atoms with Crippen LogP contribution in [-0.4, -0.2) is 17.2 Å². The van der Waals surface area contributed by atoms with Gasteiger partial charge in [0.25, 0.3) is 0 Å². The number of carbonyl (C=O) groups is 1. The minimum atomic E-state index is -0.0408. The number of hydrogen-bond donors (Lipinski definition) is 2. The molecule has 0 aliphatic heterocycles. The fourth-order valence-corrected chi connectivity index (χ4v) is 1.79. The van der Waals surface area contributed by atoms with Crippen LogP contribution in [0.1, 0.15) is 28.4 Å². The Morgan fingerprint density at radius 2 is 1.32 bits per heavy atom. The molecule has 19 heavy (non-hydrogen) atoms. The van der Waals surface area contributed by atoms with E-state index in [0.717, 1.165) is 0 Å². The van der Waals surface area contributed by atoms with Crippen molar-refractivity contribution in [3.63, 3.8) is 0 Å². The van der Waals surface area contributed by atoms with Crippen molar-refractivity contribution < 1.29 is 4.79 Å². The molecular weight excluding hydrogens is 236 g/mol. The number of rotatable bonds is 4. The molecule has 94 valence electrons. The van der Waals surface area contributed by atoms with Gasteiger partial charge in [0, 0.05) is 16.7 Å². The summed E-state index contributed by atoms with van der Waals surface area (Å²) in [6.07, 6.45) is 0. The Bertz CT molecular complexity index is 645. The zero-order valence-corrected chi connectivity index (χ0v) is 10.6. The maximum absolute atomic E-state index is 11.3. The Labute approximate surface area is 111 Å². The van der Waals surface area contributed by atoms with Gasteiger partial charge in [0.2, 0.25) is 0 Å². The van der Waals surface area contributed by atoms with Crippen molar-refractivity contribution in [2.45, 2.75) is 6.92 Å². The van der Waals surface area contributed by atoms with Crippen molar-refractivity contribution in [1.29, 1.82) is 10.8 Å². The van der Waals surface area contributed by atoms with Crippen molar-refractivity contribution in [1.82, 2.24) is 0 Å². The number of nitrogens with one attached hydrogen (secondary N) is 2. The molecule has 0 radical (unpaired) electrons. The van der Waals surface area contributed by atoms with Gasteiger partial charge in [-0.2, -0.15) is 0 Å². The second-order valence-electron chi connectivity index (χ2n) is 4.25. The van der Waals surface area contributed by atoms with Gasteiger partial charge in [0.1, 0.15) is 0 Å². The molecule has 0 saturated heterocycles. The quantitative estimate of drug-likeness (QED) is 0.634. The van der Waals surface area contributed by atoms with Crippen LogP contribution in [0.15, 0.2) is 54.6 Å². The summed E-state index contributed by atoms with van der Waals surface area (Å²) in [6.45, 7) is 1.49. The van der Waals surface area contributed by atoms with Crippen molar-refractivity contribution in [3.8, 4) is 0 Å². The minimum Gasteiger partial charge on any atom is -0.298 e. The highest BCUT2D eigenvalue weighted by Gasteiger charge is 2.11. The fourth-order valence-electron chi connectivity index (χ4n) is 1.79. The molecule has 0 unspecified atom stereocenters. The second kappa shape index (κ2) is 5.40. The van der Waals surface area contributed by atoms with Crippen molar-refractivity contribution >= 4 is 17.2 Å². The first-order valence-electron chi connectivity index (χ1n) is 5.94. The standard InChI is InChI=1S/C16H14N2O/c1-11(19)13-8-5-9-14(10-13)16(18)15(17)12-6-3-2-4-7-12/h2-10,17-18H,1H3. The Morgan fingerprint density at radius 1 is 0.789 bits per heavy atom. The summed E-state index contributed by atoms with van der Waals surface area (Å²) in [5.74, 6) is -0.0408. The van der Waals surface area contributed by atoms with Crippen LogP contribution < -0.4 is 0 Å². The van der Waals surface area contributed by atoms with Crippen molar-refractivity contribution in [2.24, 2.45) is 0 Å². The van der Waals surface area contributed by atoms with Crippen LogP contribution in [0.4, 0.5) is 0 Å². The lowest BCUT2D eigenvalue weighted by Crippen LogP contribution is -2.15. The van der Waals surface area contributed by atoms with E-state index < -0.39 is 0 Å². The number of hydrogen-bond acceptors (Lipinski definition) is 3. The molecule has 0 heterocycles. The lowest BCUT2D eigenvalue weighted by Gasteiger charge is -2.07. The molecule has 2 rings (SSSR count). The van der Waals surface area contributed by atoms with Gasteiger partial charge < -0.3 is 0 Å². The van der Waals surface area contributed by atoms with E-state index in [9.17, 15) is 4.79 Å². The lowest BCUT2D eigenvalue weighted by molar-refractivity contribution is 0.101. The summed E-state index contributed by atoms with van der Waals surface area (Å²) >= 11 is 0. The van der Waals surface area contributed by atoms with Gasteiger partial charge in [-0.3, -0.25) is 15.6 Å². The van der Waals surface area contributed by atoms with Crippen LogP contribution in [-0.2, 0) is 0 Å². The van der Waals surface area contributed by atoms with Gasteiger partial charge in [-0.05, 0) is 13.0 Å². The van der Waals surface area contributed by atoms with E-state index in [-0.39, 0.29) is 17.2 Å². The van der Waals surface area contributed by atoms with E-state index in [1.165, 1.54) is 6.92 Å². The number of carbonyl (C=O) groups excluding carboxylic acids is 1. The average molecular weight is 250 g/mol. The zero-order chi connectivity index (χ0) is 13.8. The van der Waals surface area contributed by atoms with Gasteiger partial charge in [-0.25, -0.2) is 0 Å². The van der Waals surface area contributed by atoms with Crippen LogP contribution in [0.2, 0.25) is 0 Å². The Hall–Kier alpha value is -2.55. The summed E-state index contributed by atoms with van der Waals surface area (Å²) < 4.78 is 0. The van der Waals surface area contributed by atoms with Crippen LogP contribution in [0.3, 0.4) is 0 Å². The molecule has 3 heteroatoms.